The first-order chi connectivity index (χ1) is 10.8. The zero-order chi connectivity index (χ0) is 16.6. The van der Waals surface area contributed by atoms with E-state index in [4.69, 9.17) is 11.6 Å². The van der Waals surface area contributed by atoms with Crippen LogP contribution in [0, 0.1) is 11.8 Å². The maximum atomic E-state index is 12.3. The molecule has 23 heavy (non-hydrogen) atoms. The Bertz CT molecular complexity index is 707. The maximum Gasteiger partial charge on any atom is 0.241 e. The van der Waals surface area contributed by atoms with E-state index < -0.39 is 10.0 Å². The van der Waals surface area contributed by atoms with E-state index in [-0.39, 0.29) is 18.5 Å². The smallest absolute Gasteiger partial charge is 0.241 e. The van der Waals surface area contributed by atoms with Gasteiger partial charge >= 0.3 is 0 Å². The lowest BCUT2D eigenvalue weighted by Gasteiger charge is -2.26. The van der Waals surface area contributed by atoms with Crippen molar-refractivity contribution in [3.8, 4) is 0 Å². The first kappa shape index (κ1) is 16.6. The maximum absolute atomic E-state index is 12.3. The summed E-state index contributed by atoms with van der Waals surface area (Å²) < 4.78 is 25.2. The highest BCUT2D eigenvalue weighted by atomic mass is 35.5. The van der Waals surface area contributed by atoms with Gasteiger partial charge < -0.3 is 5.32 Å². The molecule has 0 saturated heterocycles. The predicted molar refractivity (Wildman–Crippen MR) is 91.0 cm³/mol. The summed E-state index contributed by atoms with van der Waals surface area (Å²) in [6.45, 7) is -0.215. The lowest BCUT2D eigenvalue weighted by atomic mass is 9.95. The van der Waals surface area contributed by atoms with Gasteiger partial charge in [0.1, 0.15) is 6.54 Å². The second kappa shape index (κ2) is 6.32. The van der Waals surface area contributed by atoms with Crippen LogP contribution < -0.4 is 9.62 Å². The van der Waals surface area contributed by atoms with Crippen LogP contribution in [-0.4, -0.2) is 33.2 Å². The fourth-order valence-corrected chi connectivity index (χ4v) is 4.87. The van der Waals surface area contributed by atoms with Gasteiger partial charge in [-0.25, -0.2) is 8.42 Å². The molecule has 0 aromatic heterocycles. The summed E-state index contributed by atoms with van der Waals surface area (Å²) in [6, 6.07) is 6.72. The minimum Gasteiger partial charge on any atom is -0.352 e. The van der Waals surface area contributed by atoms with Crippen molar-refractivity contribution < 1.29 is 13.2 Å². The van der Waals surface area contributed by atoms with E-state index in [1.807, 2.05) is 0 Å². The zero-order valence-electron chi connectivity index (χ0n) is 13.0. The van der Waals surface area contributed by atoms with Crippen molar-refractivity contribution in [1.29, 1.82) is 0 Å². The number of carbonyl (C=O) groups is 1. The predicted octanol–water partition coefficient (Wildman–Crippen LogP) is 2.41. The molecule has 126 valence electrons. The second-order valence-electron chi connectivity index (χ2n) is 6.60. The topological polar surface area (TPSA) is 66.5 Å². The van der Waals surface area contributed by atoms with Gasteiger partial charge in [0.2, 0.25) is 15.9 Å². The van der Waals surface area contributed by atoms with E-state index in [0.717, 1.165) is 22.9 Å². The molecule has 2 saturated carbocycles. The van der Waals surface area contributed by atoms with Gasteiger partial charge in [-0.15, -0.1) is 0 Å². The molecule has 0 spiro atoms. The van der Waals surface area contributed by atoms with Gasteiger partial charge in [0.25, 0.3) is 0 Å². The average Bonchev–Trinajstić information content (AvgIpc) is 3.06. The molecule has 2 aliphatic rings. The van der Waals surface area contributed by atoms with E-state index in [1.165, 1.54) is 19.3 Å². The van der Waals surface area contributed by atoms with Gasteiger partial charge in [0, 0.05) is 11.1 Å². The van der Waals surface area contributed by atoms with Crippen molar-refractivity contribution in [2.45, 2.75) is 31.7 Å². The van der Waals surface area contributed by atoms with Gasteiger partial charge in [-0.2, -0.15) is 0 Å². The number of nitrogens with zero attached hydrogens (tertiary/aromatic N) is 1. The van der Waals surface area contributed by atoms with Crippen molar-refractivity contribution in [1.82, 2.24) is 5.32 Å². The highest BCUT2D eigenvalue weighted by Gasteiger charge is 2.40. The highest BCUT2D eigenvalue weighted by Crippen LogP contribution is 2.44. The summed E-state index contributed by atoms with van der Waals surface area (Å²) in [5, 5.41) is 3.45. The van der Waals surface area contributed by atoms with Crippen LogP contribution in [-0.2, 0) is 14.8 Å². The van der Waals surface area contributed by atoms with Crippen LogP contribution in [0.1, 0.15) is 25.7 Å². The Hall–Kier alpha value is -1.27. The third kappa shape index (κ3) is 3.80. The molecule has 2 bridgehead atoms. The molecule has 1 N–H and O–H groups in total. The van der Waals surface area contributed by atoms with Gasteiger partial charge in [-0.1, -0.05) is 24.1 Å². The number of anilines is 1. The number of carbonyl (C=O) groups excluding carboxylic acids is 1. The van der Waals surface area contributed by atoms with Crippen molar-refractivity contribution >= 4 is 33.2 Å². The summed E-state index contributed by atoms with van der Waals surface area (Å²) in [7, 11) is -3.56. The van der Waals surface area contributed by atoms with Gasteiger partial charge in [0.05, 0.1) is 11.9 Å². The summed E-state index contributed by atoms with van der Waals surface area (Å²) in [6.07, 6.45) is 5.73. The van der Waals surface area contributed by atoms with E-state index in [1.54, 1.807) is 24.3 Å². The summed E-state index contributed by atoms with van der Waals surface area (Å²) in [4.78, 5) is 12.3. The van der Waals surface area contributed by atoms with Crippen LogP contribution in [0.15, 0.2) is 24.3 Å². The van der Waals surface area contributed by atoms with Gasteiger partial charge in [-0.3, -0.25) is 9.10 Å². The molecule has 1 aromatic carbocycles. The normalized spacial score (nSPS) is 26.3. The number of hydrogen-bond donors (Lipinski definition) is 1. The molecule has 3 rings (SSSR count). The first-order valence-corrected chi connectivity index (χ1v) is 10.1. The number of fused-ring (bicyclic) bond motifs is 2. The molecular weight excluding hydrogens is 336 g/mol. The highest BCUT2D eigenvalue weighted by molar-refractivity contribution is 7.92. The van der Waals surface area contributed by atoms with Crippen LogP contribution in [0.3, 0.4) is 0 Å². The SMILES string of the molecule is CS(=O)(=O)N(CC(=O)N[C@H]1C[C@H]2CC[C@H]1C2)c1cccc(Cl)c1. The minimum atomic E-state index is -3.56. The summed E-state index contributed by atoms with van der Waals surface area (Å²) in [5.41, 5.74) is 0.406. The summed E-state index contributed by atoms with van der Waals surface area (Å²) in [5.74, 6) is 1.03. The van der Waals surface area contributed by atoms with E-state index >= 15 is 0 Å². The van der Waals surface area contributed by atoms with Gasteiger partial charge in [-0.05, 0) is 49.3 Å². The van der Waals surface area contributed by atoms with Crippen LogP contribution in [0.4, 0.5) is 5.69 Å². The molecule has 0 unspecified atom stereocenters. The molecule has 0 heterocycles. The fourth-order valence-electron chi connectivity index (χ4n) is 3.84. The Morgan fingerprint density at radius 2 is 2.13 bits per heavy atom. The lowest BCUT2D eigenvalue weighted by Crippen LogP contribution is -2.45. The lowest BCUT2D eigenvalue weighted by molar-refractivity contribution is -0.120. The second-order valence-corrected chi connectivity index (χ2v) is 8.94. The molecule has 5 nitrogen and oxygen atoms in total. The number of amides is 1. The third-order valence-electron chi connectivity index (χ3n) is 4.87. The first-order valence-electron chi connectivity index (χ1n) is 7.85. The van der Waals surface area contributed by atoms with E-state index in [2.05, 4.69) is 5.32 Å². The van der Waals surface area contributed by atoms with Crippen LogP contribution in [0.25, 0.3) is 0 Å². The van der Waals surface area contributed by atoms with Crippen molar-refractivity contribution in [2.75, 3.05) is 17.1 Å². The number of sulfonamides is 1. The molecule has 1 aromatic rings. The monoisotopic (exact) mass is 356 g/mol. The summed E-state index contributed by atoms with van der Waals surface area (Å²) >= 11 is 5.93. The standard InChI is InChI=1S/C16H21ClN2O3S/c1-23(21,22)19(14-4-2-3-13(17)9-14)10-16(20)18-15-8-11-5-6-12(15)7-11/h2-4,9,11-12,15H,5-8,10H2,1H3,(H,18,20)/t11-,12-,15-/m0/s1. The quantitative estimate of drug-likeness (QED) is 0.881. The Balaban J connectivity index is 1.70. The van der Waals surface area contributed by atoms with Crippen molar-refractivity contribution in [3.05, 3.63) is 29.3 Å². The third-order valence-corrected chi connectivity index (χ3v) is 6.24. The minimum absolute atomic E-state index is 0.196. The molecule has 3 atom stereocenters. The van der Waals surface area contributed by atoms with Crippen molar-refractivity contribution in [2.24, 2.45) is 11.8 Å². The zero-order valence-corrected chi connectivity index (χ0v) is 14.6. The molecule has 1 amide bonds. The molecular formula is C16H21ClN2O3S. The van der Waals surface area contributed by atoms with Crippen LogP contribution >= 0.6 is 11.6 Å². The van der Waals surface area contributed by atoms with Crippen molar-refractivity contribution in [3.63, 3.8) is 0 Å². The number of rotatable bonds is 5. The molecule has 2 aliphatic carbocycles. The molecule has 0 aliphatic heterocycles. The Labute approximate surface area is 142 Å². The Morgan fingerprint density at radius 1 is 1.35 bits per heavy atom. The van der Waals surface area contributed by atoms with E-state index in [0.29, 0.717) is 16.6 Å². The number of halogens is 1. The van der Waals surface area contributed by atoms with E-state index in [9.17, 15) is 13.2 Å². The molecule has 0 radical (unpaired) electrons. The Kier molecular flexibility index (Phi) is 4.56. The Morgan fingerprint density at radius 3 is 2.70 bits per heavy atom. The number of benzene rings is 1. The number of nitrogens with one attached hydrogen (secondary N) is 1. The van der Waals surface area contributed by atoms with Crippen LogP contribution in [0.5, 0.6) is 0 Å². The van der Waals surface area contributed by atoms with Crippen LogP contribution in [0.2, 0.25) is 5.02 Å². The molecule has 2 fully saturated rings. The average molecular weight is 357 g/mol. The van der Waals surface area contributed by atoms with Gasteiger partial charge in [0.15, 0.2) is 0 Å². The number of hydrogen-bond acceptors (Lipinski definition) is 3. The fraction of sp³-hybridized carbons (Fsp3) is 0.562. The largest absolute Gasteiger partial charge is 0.352 e. The molecule has 7 heteroatoms.